The Balaban J connectivity index is 2.36. The van der Waals surface area contributed by atoms with Gasteiger partial charge in [-0.05, 0) is 12.8 Å². The van der Waals surface area contributed by atoms with Crippen molar-refractivity contribution in [1.82, 2.24) is 5.32 Å². The minimum atomic E-state index is -0.881. The summed E-state index contributed by atoms with van der Waals surface area (Å²) >= 11 is 0. The van der Waals surface area contributed by atoms with E-state index < -0.39 is 17.5 Å². The standard InChI is InChI=1S/C14H19F3N2/c1-3-10-8-19(11(4-2)7-18-10)14-12(16)5-9(15)6-13(14)17/h5-6,10-11,18H,3-4,7-8H2,1-2H3. The molecule has 0 spiro atoms. The van der Waals surface area contributed by atoms with Gasteiger partial charge in [-0.15, -0.1) is 0 Å². The lowest BCUT2D eigenvalue weighted by Gasteiger charge is -2.41. The maximum absolute atomic E-state index is 13.9. The summed E-state index contributed by atoms with van der Waals surface area (Å²) in [6.07, 6.45) is 1.66. The van der Waals surface area contributed by atoms with E-state index in [0.717, 1.165) is 25.0 Å². The van der Waals surface area contributed by atoms with Gasteiger partial charge in [-0.1, -0.05) is 13.8 Å². The maximum atomic E-state index is 13.9. The van der Waals surface area contributed by atoms with Gasteiger partial charge in [-0.25, -0.2) is 13.2 Å². The van der Waals surface area contributed by atoms with E-state index >= 15 is 0 Å². The van der Waals surface area contributed by atoms with Crippen LogP contribution in [-0.4, -0.2) is 25.2 Å². The third kappa shape index (κ3) is 2.86. The van der Waals surface area contributed by atoms with E-state index in [9.17, 15) is 13.2 Å². The van der Waals surface area contributed by atoms with Crippen LogP contribution >= 0.6 is 0 Å². The van der Waals surface area contributed by atoms with Crippen molar-refractivity contribution in [3.05, 3.63) is 29.6 Å². The average Bonchev–Trinajstić information content (AvgIpc) is 2.37. The number of rotatable bonds is 3. The molecule has 1 saturated heterocycles. The second kappa shape index (κ2) is 5.82. The fourth-order valence-electron chi connectivity index (χ4n) is 2.58. The van der Waals surface area contributed by atoms with Crippen LogP contribution in [0.25, 0.3) is 0 Å². The van der Waals surface area contributed by atoms with E-state index in [-0.39, 0.29) is 17.8 Å². The van der Waals surface area contributed by atoms with Gasteiger partial charge in [0, 0.05) is 37.3 Å². The molecule has 5 heteroatoms. The van der Waals surface area contributed by atoms with Crippen LogP contribution in [0.2, 0.25) is 0 Å². The summed E-state index contributed by atoms with van der Waals surface area (Å²) in [6.45, 7) is 5.23. The minimum Gasteiger partial charge on any atom is -0.361 e. The van der Waals surface area contributed by atoms with Crippen molar-refractivity contribution in [3.63, 3.8) is 0 Å². The molecule has 106 valence electrons. The Hall–Kier alpha value is -1.23. The number of anilines is 1. The minimum absolute atomic E-state index is 0.0252. The lowest BCUT2D eigenvalue weighted by Crippen LogP contribution is -2.56. The molecule has 19 heavy (non-hydrogen) atoms. The van der Waals surface area contributed by atoms with Crippen molar-refractivity contribution < 1.29 is 13.2 Å². The summed E-state index contributed by atoms with van der Waals surface area (Å²) in [4.78, 5) is 1.73. The first-order valence-electron chi connectivity index (χ1n) is 6.71. The van der Waals surface area contributed by atoms with Gasteiger partial charge in [-0.2, -0.15) is 0 Å². The van der Waals surface area contributed by atoms with Crippen LogP contribution in [0.15, 0.2) is 12.1 Å². The van der Waals surface area contributed by atoms with Crippen LogP contribution in [-0.2, 0) is 0 Å². The second-order valence-electron chi connectivity index (χ2n) is 4.95. The average molecular weight is 272 g/mol. The van der Waals surface area contributed by atoms with Crippen molar-refractivity contribution in [2.75, 3.05) is 18.0 Å². The van der Waals surface area contributed by atoms with Crippen molar-refractivity contribution in [2.45, 2.75) is 38.8 Å². The summed E-state index contributed by atoms with van der Waals surface area (Å²) in [5.41, 5.74) is -0.104. The molecule has 1 N–H and O–H groups in total. The normalized spacial score (nSPS) is 23.7. The third-order valence-corrected chi connectivity index (χ3v) is 3.73. The molecule has 1 aliphatic rings. The van der Waals surface area contributed by atoms with Crippen molar-refractivity contribution in [1.29, 1.82) is 0 Å². The van der Waals surface area contributed by atoms with Gasteiger partial charge < -0.3 is 10.2 Å². The number of hydrogen-bond donors (Lipinski definition) is 1. The zero-order valence-electron chi connectivity index (χ0n) is 11.2. The molecule has 1 aromatic rings. The summed E-state index contributed by atoms with van der Waals surface area (Å²) < 4.78 is 40.8. The first-order valence-corrected chi connectivity index (χ1v) is 6.71. The Kier molecular flexibility index (Phi) is 4.34. The molecule has 2 unspecified atom stereocenters. The molecule has 0 aromatic heterocycles. The highest BCUT2D eigenvalue weighted by molar-refractivity contribution is 5.51. The molecule has 0 saturated carbocycles. The monoisotopic (exact) mass is 272 g/mol. The van der Waals surface area contributed by atoms with Gasteiger partial charge in [0.05, 0.1) is 0 Å². The Labute approximate surface area is 111 Å². The molecule has 0 amide bonds. The molecule has 2 nitrogen and oxygen atoms in total. The van der Waals surface area contributed by atoms with Gasteiger partial charge >= 0.3 is 0 Å². The second-order valence-corrected chi connectivity index (χ2v) is 4.95. The lowest BCUT2D eigenvalue weighted by molar-refractivity contribution is 0.371. The number of nitrogens with one attached hydrogen (secondary N) is 1. The fourth-order valence-corrected chi connectivity index (χ4v) is 2.58. The first-order chi connectivity index (χ1) is 9.06. The largest absolute Gasteiger partial charge is 0.361 e. The predicted octanol–water partition coefficient (Wildman–Crippen LogP) is 3.07. The molecular formula is C14H19F3N2. The van der Waals surface area contributed by atoms with E-state index in [1.165, 1.54) is 0 Å². The van der Waals surface area contributed by atoms with Gasteiger partial charge in [0.1, 0.15) is 11.5 Å². The van der Waals surface area contributed by atoms with Crippen LogP contribution in [0.4, 0.5) is 18.9 Å². The van der Waals surface area contributed by atoms with Crippen LogP contribution < -0.4 is 10.2 Å². The summed E-state index contributed by atoms with van der Waals surface area (Å²) in [5, 5.41) is 3.36. The number of piperazine rings is 1. The lowest BCUT2D eigenvalue weighted by atomic mass is 10.0. The molecule has 1 heterocycles. The summed E-state index contributed by atoms with van der Waals surface area (Å²) in [7, 11) is 0. The van der Waals surface area contributed by atoms with Crippen LogP contribution in [0.1, 0.15) is 26.7 Å². The highest BCUT2D eigenvalue weighted by Crippen LogP contribution is 2.29. The molecule has 1 aromatic carbocycles. The zero-order chi connectivity index (χ0) is 14.0. The van der Waals surface area contributed by atoms with Crippen molar-refractivity contribution in [2.24, 2.45) is 0 Å². The highest BCUT2D eigenvalue weighted by Gasteiger charge is 2.30. The molecule has 1 fully saturated rings. The Morgan fingerprint density at radius 3 is 2.32 bits per heavy atom. The smallest absolute Gasteiger partial charge is 0.152 e. The number of nitrogens with zero attached hydrogens (tertiary/aromatic N) is 1. The molecule has 0 bridgehead atoms. The van der Waals surface area contributed by atoms with E-state index in [0.29, 0.717) is 13.1 Å². The molecule has 0 aliphatic carbocycles. The first kappa shape index (κ1) is 14.2. The van der Waals surface area contributed by atoms with E-state index in [4.69, 9.17) is 0 Å². The van der Waals surface area contributed by atoms with Gasteiger partial charge in [0.2, 0.25) is 0 Å². The molecular weight excluding hydrogens is 253 g/mol. The van der Waals surface area contributed by atoms with Gasteiger partial charge in [0.25, 0.3) is 0 Å². The van der Waals surface area contributed by atoms with Gasteiger partial charge in [0.15, 0.2) is 11.6 Å². The number of benzene rings is 1. The quantitative estimate of drug-likeness (QED) is 0.909. The van der Waals surface area contributed by atoms with Crippen LogP contribution in [0.5, 0.6) is 0 Å². The maximum Gasteiger partial charge on any atom is 0.152 e. The zero-order valence-corrected chi connectivity index (χ0v) is 11.2. The summed E-state index contributed by atoms with van der Waals surface area (Å²) in [6, 6.07) is 1.71. The van der Waals surface area contributed by atoms with Gasteiger partial charge in [-0.3, -0.25) is 0 Å². The summed E-state index contributed by atoms with van der Waals surface area (Å²) in [5.74, 6) is -2.53. The van der Waals surface area contributed by atoms with E-state index in [1.807, 2.05) is 13.8 Å². The fraction of sp³-hybridized carbons (Fsp3) is 0.571. The van der Waals surface area contributed by atoms with Crippen LogP contribution in [0, 0.1) is 17.5 Å². The number of halogens is 3. The topological polar surface area (TPSA) is 15.3 Å². The van der Waals surface area contributed by atoms with Crippen molar-refractivity contribution in [3.8, 4) is 0 Å². The highest BCUT2D eigenvalue weighted by atomic mass is 19.1. The van der Waals surface area contributed by atoms with Crippen molar-refractivity contribution >= 4 is 5.69 Å². The van der Waals surface area contributed by atoms with E-state index in [1.54, 1.807) is 4.90 Å². The molecule has 0 radical (unpaired) electrons. The predicted molar refractivity (Wildman–Crippen MR) is 69.8 cm³/mol. The third-order valence-electron chi connectivity index (χ3n) is 3.73. The Bertz CT molecular complexity index is 427. The molecule has 2 rings (SSSR count). The SMILES string of the molecule is CCC1CN(c2c(F)cc(F)cc2F)C(CC)CN1. The van der Waals surface area contributed by atoms with E-state index in [2.05, 4.69) is 5.32 Å². The Morgan fingerprint density at radius 2 is 1.79 bits per heavy atom. The van der Waals surface area contributed by atoms with Crippen LogP contribution in [0.3, 0.4) is 0 Å². The molecule has 2 atom stereocenters. The number of hydrogen-bond acceptors (Lipinski definition) is 2. The molecule has 1 aliphatic heterocycles. The Morgan fingerprint density at radius 1 is 1.16 bits per heavy atom.